The van der Waals surface area contributed by atoms with Gasteiger partial charge in [0.05, 0.1) is 22.8 Å². The van der Waals surface area contributed by atoms with Crippen LogP contribution in [0.1, 0.15) is 22.7 Å². The van der Waals surface area contributed by atoms with E-state index in [9.17, 15) is 4.79 Å². The van der Waals surface area contributed by atoms with E-state index < -0.39 is 0 Å². The maximum atomic E-state index is 12.2. The van der Waals surface area contributed by atoms with E-state index in [4.69, 9.17) is 0 Å². The molecule has 0 radical (unpaired) electrons. The number of nitrogens with one attached hydrogen (secondary N) is 1. The van der Waals surface area contributed by atoms with Crippen molar-refractivity contribution in [1.29, 1.82) is 0 Å². The number of nitrogens with zero attached hydrogens (tertiary/aromatic N) is 2. The first-order chi connectivity index (χ1) is 11.1. The SMILES string of the molecule is Cc1nn(-c2ccccc2)c(C)c1NC(=O)CCc1cccs1. The van der Waals surface area contributed by atoms with Gasteiger partial charge in [0.1, 0.15) is 0 Å². The van der Waals surface area contributed by atoms with Gasteiger partial charge in [0.25, 0.3) is 0 Å². The van der Waals surface area contributed by atoms with Crippen molar-refractivity contribution in [1.82, 2.24) is 9.78 Å². The minimum absolute atomic E-state index is 0.0252. The summed E-state index contributed by atoms with van der Waals surface area (Å²) in [6, 6.07) is 14.0. The Hall–Kier alpha value is -2.40. The van der Waals surface area contributed by atoms with Gasteiger partial charge in [-0.25, -0.2) is 4.68 Å². The van der Waals surface area contributed by atoms with Crippen molar-refractivity contribution in [3.8, 4) is 5.69 Å². The molecule has 0 unspecified atom stereocenters. The van der Waals surface area contributed by atoms with Gasteiger partial charge in [-0.1, -0.05) is 24.3 Å². The van der Waals surface area contributed by atoms with Crippen LogP contribution in [0.3, 0.4) is 0 Å². The smallest absolute Gasteiger partial charge is 0.224 e. The molecule has 2 aromatic heterocycles. The second kappa shape index (κ2) is 6.79. The summed E-state index contributed by atoms with van der Waals surface area (Å²) in [6.45, 7) is 3.89. The number of aromatic nitrogens is 2. The number of aryl methyl sites for hydroxylation is 2. The standard InChI is InChI=1S/C18H19N3OS/c1-13-18(19-17(22)11-10-16-9-6-12-23-16)14(2)21(20-13)15-7-4-3-5-8-15/h3-9,12H,10-11H2,1-2H3,(H,19,22). The lowest BCUT2D eigenvalue weighted by molar-refractivity contribution is -0.116. The van der Waals surface area contributed by atoms with Gasteiger partial charge in [0.2, 0.25) is 5.91 Å². The minimum Gasteiger partial charge on any atom is -0.323 e. The Morgan fingerprint density at radius 1 is 1.17 bits per heavy atom. The molecule has 1 amide bonds. The molecule has 0 aliphatic carbocycles. The molecule has 0 fully saturated rings. The molecule has 0 bridgehead atoms. The third-order valence-corrected chi connectivity index (χ3v) is 4.67. The van der Waals surface area contributed by atoms with Crippen LogP contribution in [0, 0.1) is 13.8 Å². The number of anilines is 1. The van der Waals surface area contributed by atoms with Gasteiger partial charge in [-0.05, 0) is 43.8 Å². The Morgan fingerprint density at radius 2 is 1.96 bits per heavy atom. The highest BCUT2D eigenvalue weighted by Crippen LogP contribution is 2.23. The van der Waals surface area contributed by atoms with Crippen LogP contribution in [0.15, 0.2) is 47.8 Å². The van der Waals surface area contributed by atoms with Gasteiger partial charge in [-0.15, -0.1) is 11.3 Å². The Morgan fingerprint density at radius 3 is 2.65 bits per heavy atom. The van der Waals surface area contributed by atoms with Crippen molar-refractivity contribution in [2.24, 2.45) is 0 Å². The Bertz CT molecular complexity index is 791. The van der Waals surface area contributed by atoms with Crippen LogP contribution in [0.4, 0.5) is 5.69 Å². The van der Waals surface area contributed by atoms with Crippen molar-refractivity contribution >= 4 is 22.9 Å². The number of thiophene rings is 1. The van der Waals surface area contributed by atoms with Crippen LogP contribution in [-0.2, 0) is 11.2 Å². The molecule has 4 nitrogen and oxygen atoms in total. The molecular formula is C18H19N3OS. The third-order valence-electron chi connectivity index (χ3n) is 3.74. The normalized spacial score (nSPS) is 10.7. The third kappa shape index (κ3) is 3.51. The van der Waals surface area contributed by atoms with Crippen molar-refractivity contribution in [3.63, 3.8) is 0 Å². The maximum absolute atomic E-state index is 12.2. The highest BCUT2D eigenvalue weighted by Gasteiger charge is 2.15. The number of carbonyl (C=O) groups excluding carboxylic acids is 1. The molecule has 0 spiro atoms. The molecule has 0 saturated heterocycles. The predicted molar refractivity (Wildman–Crippen MR) is 94.3 cm³/mol. The number of benzene rings is 1. The van der Waals surface area contributed by atoms with Crippen LogP contribution in [0.5, 0.6) is 0 Å². The topological polar surface area (TPSA) is 46.9 Å². The van der Waals surface area contributed by atoms with Crippen molar-refractivity contribution < 1.29 is 4.79 Å². The first-order valence-electron chi connectivity index (χ1n) is 7.59. The van der Waals surface area contributed by atoms with Crippen molar-refractivity contribution in [2.75, 3.05) is 5.32 Å². The van der Waals surface area contributed by atoms with Gasteiger partial charge in [0, 0.05) is 11.3 Å². The molecule has 23 heavy (non-hydrogen) atoms. The van der Waals surface area contributed by atoms with Gasteiger partial charge in [-0.2, -0.15) is 5.10 Å². The molecule has 5 heteroatoms. The van der Waals surface area contributed by atoms with Crippen LogP contribution >= 0.6 is 11.3 Å². The van der Waals surface area contributed by atoms with E-state index in [-0.39, 0.29) is 5.91 Å². The summed E-state index contributed by atoms with van der Waals surface area (Å²) >= 11 is 1.68. The molecule has 118 valence electrons. The molecule has 1 aromatic carbocycles. The van der Waals surface area contributed by atoms with Crippen LogP contribution in [0.25, 0.3) is 5.69 Å². The van der Waals surface area contributed by atoms with Crippen LogP contribution < -0.4 is 5.32 Å². The van der Waals surface area contributed by atoms with E-state index in [0.717, 1.165) is 29.2 Å². The van der Waals surface area contributed by atoms with E-state index in [1.165, 1.54) is 4.88 Å². The van der Waals surface area contributed by atoms with Crippen LogP contribution in [0.2, 0.25) is 0 Å². The Balaban J connectivity index is 1.73. The summed E-state index contributed by atoms with van der Waals surface area (Å²) in [7, 11) is 0. The average molecular weight is 325 g/mol. The number of hydrogen-bond donors (Lipinski definition) is 1. The first kappa shape index (κ1) is 15.5. The Kier molecular flexibility index (Phi) is 4.57. The largest absolute Gasteiger partial charge is 0.323 e. The summed E-state index contributed by atoms with van der Waals surface area (Å²) in [6.07, 6.45) is 1.25. The van der Waals surface area contributed by atoms with Crippen LogP contribution in [-0.4, -0.2) is 15.7 Å². The minimum atomic E-state index is 0.0252. The quantitative estimate of drug-likeness (QED) is 0.767. The molecule has 0 saturated carbocycles. The fourth-order valence-corrected chi connectivity index (χ4v) is 3.25. The summed E-state index contributed by atoms with van der Waals surface area (Å²) in [5.41, 5.74) is 3.58. The Labute approximate surface area is 139 Å². The summed E-state index contributed by atoms with van der Waals surface area (Å²) in [5.74, 6) is 0.0252. The zero-order valence-electron chi connectivity index (χ0n) is 13.2. The summed E-state index contributed by atoms with van der Waals surface area (Å²) in [4.78, 5) is 13.4. The fraction of sp³-hybridized carbons (Fsp3) is 0.222. The average Bonchev–Trinajstić information content (AvgIpc) is 3.17. The number of carbonyl (C=O) groups is 1. The van der Waals surface area contributed by atoms with Crippen molar-refractivity contribution in [2.45, 2.75) is 26.7 Å². The lowest BCUT2D eigenvalue weighted by atomic mass is 10.2. The number of para-hydroxylation sites is 1. The van der Waals surface area contributed by atoms with Gasteiger partial charge >= 0.3 is 0 Å². The van der Waals surface area contributed by atoms with Gasteiger partial charge < -0.3 is 5.32 Å². The zero-order chi connectivity index (χ0) is 16.2. The molecule has 0 atom stereocenters. The molecule has 0 aliphatic heterocycles. The predicted octanol–water partition coefficient (Wildman–Crippen LogP) is 4.12. The number of hydrogen-bond acceptors (Lipinski definition) is 3. The summed E-state index contributed by atoms with van der Waals surface area (Å²) in [5, 5.41) is 9.59. The van der Waals surface area contributed by atoms with E-state index >= 15 is 0 Å². The summed E-state index contributed by atoms with van der Waals surface area (Å²) < 4.78 is 1.87. The van der Waals surface area contributed by atoms with E-state index in [1.54, 1.807) is 11.3 Å². The number of rotatable bonds is 5. The number of amides is 1. The monoisotopic (exact) mass is 325 g/mol. The zero-order valence-corrected chi connectivity index (χ0v) is 14.1. The fourth-order valence-electron chi connectivity index (χ4n) is 2.54. The van der Waals surface area contributed by atoms with Crippen molar-refractivity contribution in [3.05, 3.63) is 64.1 Å². The van der Waals surface area contributed by atoms with Gasteiger partial charge in [-0.3, -0.25) is 4.79 Å². The van der Waals surface area contributed by atoms with E-state index in [1.807, 2.05) is 60.3 Å². The maximum Gasteiger partial charge on any atom is 0.224 e. The van der Waals surface area contributed by atoms with Gasteiger partial charge in [0.15, 0.2) is 0 Å². The van der Waals surface area contributed by atoms with E-state index in [2.05, 4.69) is 16.5 Å². The lowest BCUT2D eigenvalue weighted by Crippen LogP contribution is -2.13. The van der Waals surface area contributed by atoms with E-state index in [0.29, 0.717) is 6.42 Å². The lowest BCUT2D eigenvalue weighted by Gasteiger charge is -2.07. The molecular weight excluding hydrogens is 306 g/mol. The molecule has 1 N–H and O–H groups in total. The highest BCUT2D eigenvalue weighted by molar-refractivity contribution is 7.09. The molecule has 0 aliphatic rings. The first-order valence-corrected chi connectivity index (χ1v) is 8.47. The second-order valence-corrected chi connectivity index (χ2v) is 6.45. The molecule has 3 rings (SSSR count). The molecule has 3 aromatic rings. The molecule has 2 heterocycles. The second-order valence-electron chi connectivity index (χ2n) is 5.42. The highest BCUT2D eigenvalue weighted by atomic mass is 32.1.